The zero-order valence-electron chi connectivity index (χ0n) is 8.19. The highest BCUT2D eigenvalue weighted by atomic mass is 35.5. The maximum Gasteiger partial charge on any atom is 0.342 e. The Morgan fingerprint density at radius 1 is 1.71 bits per heavy atom. The molecule has 0 rings (SSSR count). The van der Waals surface area contributed by atoms with E-state index in [2.05, 4.69) is 5.32 Å². The monoisotopic (exact) mass is 226 g/mol. The quantitative estimate of drug-likeness (QED) is 0.382. The van der Waals surface area contributed by atoms with Gasteiger partial charge in [0.15, 0.2) is 5.00 Å². The van der Waals surface area contributed by atoms with Crippen molar-refractivity contribution in [2.75, 3.05) is 20.0 Å². The summed E-state index contributed by atoms with van der Waals surface area (Å²) < 4.78 is 16.8. The van der Waals surface area contributed by atoms with Gasteiger partial charge < -0.3 is 10.5 Å². The molecule has 0 aliphatic rings. The van der Waals surface area contributed by atoms with Gasteiger partial charge in [-0.25, -0.2) is 9.18 Å². The summed E-state index contributed by atoms with van der Waals surface area (Å²) in [6.07, 6.45) is 0.767. The Morgan fingerprint density at radius 3 is 2.79 bits per heavy atom. The lowest BCUT2D eigenvalue weighted by atomic mass is 10.1. The van der Waals surface area contributed by atoms with Crippen molar-refractivity contribution in [2.45, 2.75) is 24.8 Å². The van der Waals surface area contributed by atoms with Crippen molar-refractivity contribution in [1.29, 1.82) is 0 Å². The first-order valence-corrected chi connectivity index (χ1v) is 4.85. The van der Waals surface area contributed by atoms with Crippen LogP contribution in [-0.4, -0.2) is 30.9 Å². The lowest BCUT2D eigenvalue weighted by molar-refractivity contribution is -0.148. The molecule has 3 N–H and O–H groups in total. The molecule has 0 heterocycles. The fraction of sp³-hybridized carbons (Fsp3) is 0.875. The van der Waals surface area contributed by atoms with Gasteiger partial charge in [0.2, 0.25) is 0 Å². The van der Waals surface area contributed by atoms with Crippen molar-refractivity contribution in [2.24, 2.45) is 5.73 Å². The second kappa shape index (κ2) is 6.98. The zero-order chi connectivity index (χ0) is 11.0. The molecule has 0 bridgehead atoms. The van der Waals surface area contributed by atoms with Gasteiger partial charge in [0.05, 0.1) is 6.61 Å². The average Bonchev–Trinajstić information content (AvgIpc) is 2.15. The number of carbonyl (C=O) groups is 1. The smallest absolute Gasteiger partial charge is 0.342 e. The Bertz CT molecular complexity index is 183. The van der Waals surface area contributed by atoms with Gasteiger partial charge in [0, 0.05) is 0 Å². The molecule has 0 saturated heterocycles. The molecule has 0 aromatic carbocycles. The number of ether oxygens (including phenoxy) is 1. The average molecular weight is 227 g/mol. The van der Waals surface area contributed by atoms with Crippen LogP contribution in [0.1, 0.15) is 19.8 Å². The maximum atomic E-state index is 12.1. The Hall–Kier alpha value is -0.390. The van der Waals surface area contributed by atoms with Crippen LogP contribution in [0.4, 0.5) is 4.39 Å². The molecular formula is C8H16ClFN2O2. The molecular weight excluding hydrogens is 211 g/mol. The van der Waals surface area contributed by atoms with Gasteiger partial charge in [0.1, 0.15) is 6.80 Å². The Balaban J connectivity index is 4.28. The molecule has 0 amide bonds. The largest absolute Gasteiger partial charge is 0.464 e. The topological polar surface area (TPSA) is 64.3 Å². The number of hydrogen-bond acceptors (Lipinski definition) is 4. The molecule has 0 aliphatic heterocycles. The fourth-order valence-corrected chi connectivity index (χ4v) is 1.20. The van der Waals surface area contributed by atoms with Crippen molar-refractivity contribution in [1.82, 2.24) is 5.32 Å². The van der Waals surface area contributed by atoms with Crippen LogP contribution in [0.5, 0.6) is 0 Å². The van der Waals surface area contributed by atoms with Gasteiger partial charge in [-0.2, -0.15) is 0 Å². The third-order valence-corrected chi connectivity index (χ3v) is 2.15. The standard InChI is InChI=1S/C8H16ClFN2O2/c1-2-14-7(13)8(9,12-6-10)4-3-5-11/h12H,2-6,11H2,1H3/t8-/m0/s1. The fourth-order valence-electron chi connectivity index (χ4n) is 0.960. The van der Waals surface area contributed by atoms with Crippen molar-refractivity contribution < 1.29 is 13.9 Å². The van der Waals surface area contributed by atoms with E-state index in [1.807, 2.05) is 0 Å². The van der Waals surface area contributed by atoms with E-state index in [9.17, 15) is 9.18 Å². The summed E-state index contributed by atoms with van der Waals surface area (Å²) in [6.45, 7) is 1.38. The van der Waals surface area contributed by atoms with Gasteiger partial charge in [-0.05, 0) is 26.3 Å². The molecule has 0 spiro atoms. The second-order valence-corrected chi connectivity index (χ2v) is 3.37. The number of alkyl halides is 2. The van der Waals surface area contributed by atoms with E-state index < -0.39 is 17.8 Å². The van der Waals surface area contributed by atoms with Gasteiger partial charge in [-0.3, -0.25) is 5.32 Å². The number of nitrogens with two attached hydrogens (primary N) is 1. The third-order valence-electron chi connectivity index (χ3n) is 1.67. The molecule has 0 fully saturated rings. The highest BCUT2D eigenvalue weighted by Gasteiger charge is 2.36. The lowest BCUT2D eigenvalue weighted by Crippen LogP contribution is -2.48. The minimum Gasteiger partial charge on any atom is -0.464 e. The Labute approximate surface area is 87.9 Å². The number of hydrogen-bond donors (Lipinski definition) is 2. The highest BCUT2D eigenvalue weighted by molar-refractivity contribution is 6.33. The van der Waals surface area contributed by atoms with Crippen LogP contribution in [-0.2, 0) is 9.53 Å². The van der Waals surface area contributed by atoms with Gasteiger partial charge in [0.25, 0.3) is 0 Å². The molecule has 0 saturated carbocycles. The van der Waals surface area contributed by atoms with E-state index in [1.54, 1.807) is 6.92 Å². The highest BCUT2D eigenvalue weighted by Crippen LogP contribution is 2.20. The molecule has 0 aliphatic carbocycles. The van der Waals surface area contributed by atoms with Crippen LogP contribution in [0, 0.1) is 0 Å². The van der Waals surface area contributed by atoms with Gasteiger partial charge in [-0.15, -0.1) is 0 Å². The molecule has 6 heteroatoms. The van der Waals surface area contributed by atoms with E-state index >= 15 is 0 Å². The van der Waals surface area contributed by atoms with E-state index in [0.29, 0.717) is 13.0 Å². The Morgan fingerprint density at radius 2 is 2.36 bits per heavy atom. The number of carbonyl (C=O) groups excluding carboxylic acids is 1. The maximum absolute atomic E-state index is 12.1. The minimum atomic E-state index is -1.48. The first-order chi connectivity index (χ1) is 6.60. The number of halogens is 2. The molecule has 84 valence electrons. The van der Waals surface area contributed by atoms with Crippen LogP contribution < -0.4 is 11.1 Å². The lowest BCUT2D eigenvalue weighted by Gasteiger charge is -2.24. The molecule has 0 aromatic heterocycles. The van der Waals surface area contributed by atoms with Crippen LogP contribution >= 0.6 is 11.6 Å². The molecule has 14 heavy (non-hydrogen) atoms. The van der Waals surface area contributed by atoms with Crippen LogP contribution in [0.3, 0.4) is 0 Å². The van der Waals surface area contributed by atoms with Crippen LogP contribution in [0.15, 0.2) is 0 Å². The predicted octanol–water partition coefficient (Wildman–Crippen LogP) is 0.740. The van der Waals surface area contributed by atoms with E-state index in [-0.39, 0.29) is 13.0 Å². The van der Waals surface area contributed by atoms with Gasteiger partial charge >= 0.3 is 5.97 Å². The van der Waals surface area contributed by atoms with E-state index in [4.69, 9.17) is 22.1 Å². The first-order valence-electron chi connectivity index (χ1n) is 4.48. The summed E-state index contributed by atoms with van der Waals surface area (Å²) in [6, 6.07) is 0. The number of esters is 1. The van der Waals surface area contributed by atoms with Crippen molar-refractivity contribution in [3.8, 4) is 0 Å². The van der Waals surface area contributed by atoms with Crippen molar-refractivity contribution in [3.63, 3.8) is 0 Å². The van der Waals surface area contributed by atoms with Crippen LogP contribution in [0.2, 0.25) is 0 Å². The van der Waals surface area contributed by atoms with Crippen molar-refractivity contribution in [3.05, 3.63) is 0 Å². The summed E-state index contributed by atoms with van der Waals surface area (Å²) >= 11 is 5.87. The molecule has 1 atom stereocenters. The minimum absolute atomic E-state index is 0.212. The summed E-state index contributed by atoms with van der Waals surface area (Å²) in [5, 5.41) is 2.25. The zero-order valence-corrected chi connectivity index (χ0v) is 8.94. The van der Waals surface area contributed by atoms with E-state index in [0.717, 1.165) is 0 Å². The van der Waals surface area contributed by atoms with Crippen LogP contribution in [0.25, 0.3) is 0 Å². The molecule has 4 nitrogen and oxygen atoms in total. The number of rotatable bonds is 7. The first kappa shape index (κ1) is 13.6. The molecule has 0 unspecified atom stereocenters. The Kier molecular flexibility index (Phi) is 6.78. The SMILES string of the molecule is CCOC(=O)[C@](Cl)(CCCN)NCF. The number of nitrogens with one attached hydrogen (secondary N) is 1. The summed E-state index contributed by atoms with van der Waals surface area (Å²) in [4.78, 5) is 9.85. The molecule has 0 aromatic rings. The molecule has 0 radical (unpaired) electrons. The van der Waals surface area contributed by atoms with Crippen molar-refractivity contribution >= 4 is 17.6 Å². The summed E-state index contributed by atoms with van der Waals surface area (Å²) in [5.41, 5.74) is 5.27. The normalized spacial score (nSPS) is 14.9. The van der Waals surface area contributed by atoms with E-state index in [1.165, 1.54) is 0 Å². The van der Waals surface area contributed by atoms with Gasteiger partial charge in [-0.1, -0.05) is 11.6 Å². The predicted molar refractivity (Wildman–Crippen MR) is 52.6 cm³/mol. The second-order valence-electron chi connectivity index (χ2n) is 2.72. The summed E-state index contributed by atoms with van der Waals surface area (Å²) in [7, 11) is 0. The third kappa shape index (κ3) is 4.21. The summed E-state index contributed by atoms with van der Waals surface area (Å²) in [5.74, 6) is -0.659.